The summed E-state index contributed by atoms with van der Waals surface area (Å²) < 4.78 is 0. The second-order valence-corrected chi connectivity index (χ2v) is 5.28. The van der Waals surface area contributed by atoms with E-state index in [1.54, 1.807) is 24.3 Å². The van der Waals surface area contributed by atoms with Gasteiger partial charge in [0.15, 0.2) is 5.11 Å². The van der Waals surface area contributed by atoms with Gasteiger partial charge in [-0.2, -0.15) is 0 Å². The number of hydrogen-bond donors (Lipinski definition) is 3. The zero-order chi connectivity index (χ0) is 15.4. The molecule has 21 heavy (non-hydrogen) atoms. The molecule has 108 valence electrons. The van der Waals surface area contributed by atoms with Gasteiger partial charge in [-0.3, -0.25) is 4.79 Å². The molecule has 0 radical (unpaired) electrons. The van der Waals surface area contributed by atoms with Crippen molar-refractivity contribution >= 4 is 34.6 Å². The van der Waals surface area contributed by atoms with Gasteiger partial charge in [-0.1, -0.05) is 23.8 Å². The minimum Gasteiger partial charge on any atom is -0.376 e. The number of nitrogens with two attached hydrogens (primary N) is 1. The topological polar surface area (TPSA) is 67.2 Å². The Balaban J connectivity index is 2.18. The summed E-state index contributed by atoms with van der Waals surface area (Å²) in [6.07, 6.45) is 0. The molecule has 0 spiro atoms. The molecule has 5 heteroatoms. The quantitative estimate of drug-likeness (QED) is 0.761. The van der Waals surface area contributed by atoms with Crippen molar-refractivity contribution in [3.63, 3.8) is 0 Å². The van der Waals surface area contributed by atoms with Crippen LogP contribution in [0.15, 0.2) is 42.5 Å². The van der Waals surface area contributed by atoms with Crippen LogP contribution in [0.4, 0.5) is 11.4 Å². The monoisotopic (exact) mass is 299 g/mol. The van der Waals surface area contributed by atoms with Crippen LogP contribution in [0.1, 0.15) is 21.5 Å². The van der Waals surface area contributed by atoms with Crippen LogP contribution < -0.4 is 16.4 Å². The fourth-order valence-corrected chi connectivity index (χ4v) is 2.15. The van der Waals surface area contributed by atoms with Crippen LogP contribution >= 0.6 is 12.2 Å². The fraction of sp³-hybridized carbons (Fsp3) is 0.125. The lowest BCUT2D eigenvalue weighted by Gasteiger charge is -2.10. The molecule has 2 aromatic rings. The first-order valence-corrected chi connectivity index (χ1v) is 6.91. The third-order valence-electron chi connectivity index (χ3n) is 3.02. The number of aryl methyl sites for hydroxylation is 2. The second kappa shape index (κ2) is 6.37. The molecule has 0 bridgehead atoms. The number of rotatable bonds is 3. The maximum Gasteiger partial charge on any atom is 0.255 e. The lowest BCUT2D eigenvalue weighted by molar-refractivity contribution is 0.102. The number of thiocarbonyl (C=S) groups is 1. The molecule has 0 saturated carbocycles. The third-order valence-corrected chi connectivity index (χ3v) is 3.12. The van der Waals surface area contributed by atoms with Crippen LogP contribution in [-0.4, -0.2) is 11.0 Å². The van der Waals surface area contributed by atoms with E-state index in [1.165, 1.54) is 0 Å². The van der Waals surface area contributed by atoms with E-state index in [0.29, 0.717) is 11.3 Å². The molecular formula is C16H17N3OS. The first-order valence-electron chi connectivity index (χ1n) is 6.51. The standard InChI is InChI=1S/C16H17N3OS/c1-10-6-7-14(11(2)8-10)19-15(20)12-4-3-5-13(9-12)18-16(17)21/h3-9H,1-2H3,(H,19,20)(H3,17,18,21). The van der Waals surface area contributed by atoms with Gasteiger partial charge < -0.3 is 16.4 Å². The van der Waals surface area contributed by atoms with E-state index in [1.807, 2.05) is 32.0 Å². The van der Waals surface area contributed by atoms with Crippen LogP contribution in [0.25, 0.3) is 0 Å². The van der Waals surface area contributed by atoms with E-state index in [2.05, 4.69) is 10.6 Å². The molecule has 0 heterocycles. The summed E-state index contributed by atoms with van der Waals surface area (Å²) in [6, 6.07) is 12.9. The number of carbonyl (C=O) groups excluding carboxylic acids is 1. The highest BCUT2D eigenvalue weighted by Crippen LogP contribution is 2.18. The molecule has 0 saturated heterocycles. The number of anilines is 2. The van der Waals surface area contributed by atoms with E-state index >= 15 is 0 Å². The van der Waals surface area contributed by atoms with Crippen molar-refractivity contribution in [1.29, 1.82) is 0 Å². The van der Waals surface area contributed by atoms with Crippen molar-refractivity contribution in [2.24, 2.45) is 5.73 Å². The molecule has 0 atom stereocenters. The van der Waals surface area contributed by atoms with Gasteiger partial charge in [-0.05, 0) is 55.9 Å². The lowest BCUT2D eigenvalue weighted by Crippen LogP contribution is -2.19. The van der Waals surface area contributed by atoms with Crippen molar-refractivity contribution in [2.75, 3.05) is 10.6 Å². The summed E-state index contributed by atoms with van der Waals surface area (Å²) in [5, 5.41) is 5.88. The molecule has 2 aromatic carbocycles. The Morgan fingerprint density at radius 2 is 1.86 bits per heavy atom. The predicted octanol–water partition coefficient (Wildman–Crippen LogP) is 3.21. The summed E-state index contributed by atoms with van der Waals surface area (Å²) in [5.74, 6) is -0.173. The second-order valence-electron chi connectivity index (χ2n) is 4.84. The molecule has 0 fully saturated rings. The van der Waals surface area contributed by atoms with Gasteiger partial charge in [0.1, 0.15) is 0 Å². The largest absolute Gasteiger partial charge is 0.376 e. The summed E-state index contributed by atoms with van der Waals surface area (Å²) in [6.45, 7) is 3.98. The summed E-state index contributed by atoms with van der Waals surface area (Å²) >= 11 is 4.79. The van der Waals surface area contributed by atoms with Crippen LogP contribution in [-0.2, 0) is 0 Å². The van der Waals surface area contributed by atoms with Crippen LogP contribution in [0, 0.1) is 13.8 Å². The Hall–Kier alpha value is -2.40. The van der Waals surface area contributed by atoms with E-state index in [4.69, 9.17) is 18.0 Å². The van der Waals surface area contributed by atoms with Crippen LogP contribution in [0.2, 0.25) is 0 Å². The van der Waals surface area contributed by atoms with Gasteiger partial charge in [0, 0.05) is 16.9 Å². The van der Waals surface area contributed by atoms with Gasteiger partial charge >= 0.3 is 0 Å². The SMILES string of the molecule is Cc1ccc(NC(=O)c2cccc(NC(N)=S)c2)c(C)c1. The highest BCUT2D eigenvalue weighted by atomic mass is 32.1. The Morgan fingerprint density at radius 3 is 2.52 bits per heavy atom. The number of carbonyl (C=O) groups is 1. The maximum atomic E-state index is 12.3. The molecule has 0 unspecified atom stereocenters. The number of nitrogens with one attached hydrogen (secondary N) is 2. The van der Waals surface area contributed by atoms with Gasteiger partial charge in [-0.25, -0.2) is 0 Å². The molecule has 0 aliphatic rings. The minimum atomic E-state index is -0.173. The normalized spacial score (nSPS) is 10.0. The summed E-state index contributed by atoms with van der Waals surface area (Å²) in [4.78, 5) is 12.3. The molecule has 4 nitrogen and oxygen atoms in total. The van der Waals surface area contributed by atoms with Crippen molar-refractivity contribution < 1.29 is 4.79 Å². The number of benzene rings is 2. The number of amides is 1. The molecular weight excluding hydrogens is 282 g/mol. The van der Waals surface area contributed by atoms with E-state index < -0.39 is 0 Å². The van der Waals surface area contributed by atoms with E-state index in [-0.39, 0.29) is 11.0 Å². The number of hydrogen-bond acceptors (Lipinski definition) is 2. The highest BCUT2D eigenvalue weighted by Gasteiger charge is 2.08. The molecule has 0 aliphatic heterocycles. The van der Waals surface area contributed by atoms with Gasteiger partial charge in [0.2, 0.25) is 0 Å². The molecule has 1 amide bonds. The van der Waals surface area contributed by atoms with E-state index in [9.17, 15) is 4.79 Å². The van der Waals surface area contributed by atoms with Gasteiger partial charge in [-0.15, -0.1) is 0 Å². The van der Waals surface area contributed by atoms with Gasteiger partial charge in [0.25, 0.3) is 5.91 Å². The first-order chi connectivity index (χ1) is 9.95. The van der Waals surface area contributed by atoms with Crippen LogP contribution in [0.3, 0.4) is 0 Å². The Morgan fingerprint density at radius 1 is 1.10 bits per heavy atom. The lowest BCUT2D eigenvalue weighted by atomic mass is 10.1. The van der Waals surface area contributed by atoms with Crippen molar-refractivity contribution in [2.45, 2.75) is 13.8 Å². The Labute approximate surface area is 129 Å². The highest BCUT2D eigenvalue weighted by molar-refractivity contribution is 7.80. The maximum absolute atomic E-state index is 12.3. The average molecular weight is 299 g/mol. The Kier molecular flexibility index (Phi) is 4.55. The average Bonchev–Trinajstić information content (AvgIpc) is 2.41. The molecule has 4 N–H and O–H groups in total. The summed E-state index contributed by atoms with van der Waals surface area (Å²) in [5.41, 5.74) is 9.65. The molecule has 0 aliphatic carbocycles. The van der Waals surface area contributed by atoms with E-state index in [0.717, 1.165) is 16.8 Å². The smallest absolute Gasteiger partial charge is 0.255 e. The van der Waals surface area contributed by atoms with Crippen molar-refractivity contribution in [3.05, 3.63) is 59.2 Å². The minimum absolute atomic E-state index is 0.168. The third kappa shape index (κ3) is 4.03. The van der Waals surface area contributed by atoms with Crippen molar-refractivity contribution in [3.8, 4) is 0 Å². The first kappa shape index (κ1) is 15.0. The van der Waals surface area contributed by atoms with Crippen LogP contribution in [0.5, 0.6) is 0 Å². The Bertz CT molecular complexity index is 698. The zero-order valence-corrected chi connectivity index (χ0v) is 12.8. The zero-order valence-electron chi connectivity index (χ0n) is 11.9. The van der Waals surface area contributed by atoms with Crippen molar-refractivity contribution in [1.82, 2.24) is 0 Å². The molecule has 0 aromatic heterocycles. The van der Waals surface area contributed by atoms with Gasteiger partial charge in [0.05, 0.1) is 0 Å². The predicted molar refractivity (Wildman–Crippen MR) is 90.7 cm³/mol. The fourth-order valence-electron chi connectivity index (χ4n) is 2.03. The summed E-state index contributed by atoms with van der Waals surface area (Å²) in [7, 11) is 0. The molecule has 2 rings (SSSR count).